The number of allylic oxidation sites excluding steroid dienone is 4. The van der Waals surface area contributed by atoms with Crippen LogP contribution in [0.4, 0.5) is 5.69 Å². The van der Waals surface area contributed by atoms with Crippen molar-refractivity contribution in [3.63, 3.8) is 0 Å². The highest BCUT2D eigenvalue weighted by Gasteiger charge is 2.20. The average Bonchev–Trinajstić information content (AvgIpc) is 3.05. The first kappa shape index (κ1) is 21.1. The van der Waals surface area contributed by atoms with Crippen molar-refractivity contribution >= 4 is 17.1 Å². The summed E-state index contributed by atoms with van der Waals surface area (Å²) in [5, 5.41) is 3.54. The molecule has 1 aromatic carbocycles. The van der Waals surface area contributed by atoms with Crippen molar-refractivity contribution in [1.82, 2.24) is 4.57 Å². The Bertz CT molecular complexity index is 959. The fourth-order valence-electron chi connectivity index (χ4n) is 3.33. The number of benzene rings is 1. The average molecular weight is 394 g/mol. The minimum absolute atomic E-state index is 0.368. The van der Waals surface area contributed by atoms with E-state index in [9.17, 15) is 0 Å². The summed E-state index contributed by atoms with van der Waals surface area (Å²) < 4.78 is 12.9. The number of rotatable bonds is 6. The molecule has 1 aliphatic heterocycles. The Kier molecular flexibility index (Phi) is 6.72. The van der Waals surface area contributed by atoms with Gasteiger partial charge in [-0.2, -0.15) is 0 Å². The van der Waals surface area contributed by atoms with E-state index in [2.05, 4.69) is 80.2 Å². The van der Waals surface area contributed by atoms with Crippen LogP contribution >= 0.6 is 0 Å². The number of hydrogen-bond acceptors (Lipinski definition) is 3. The maximum absolute atomic E-state index is 5.31. The third-order valence-corrected chi connectivity index (χ3v) is 5.04. The molecule has 0 fully saturated rings. The molecular formula is C24H31N3O2. The third-order valence-electron chi connectivity index (χ3n) is 5.04. The van der Waals surface area contributed by atoms with E-state index in [-0.39, 0.29) is 6.29 Å². The molecule has 1 aliphatic rings. The van der Waals surface area contributed by atoms with Crippen molar-refractivity contribution in [2.24, 2.45) is 4.99 Å². The molecule has 5 nitrogen and oxygen atoms in total. The first-order chi connectivity index (χ1) is 13.9. The number of anilines is 1. The summed E-state index contributed by atoms with van der Waals surface area (Å²) in [7, 11) is 3.26. The molecule has 0 atom stereocenters. The number of nitrogens with one attached hydrogen (secondary N) is 1. The molecule has 3 rings (SSSR count). The van der Waals surface area contributed by atoms with Crippen molar-refractivity contribution in [3.05, 3.63) is 70.6 Å². The molecule has 0 spiro atoms. The van der Waals surface area contributed by atoms with E-state index >= 15 is 0 Å². The topological polar surface area (TPSA) is 47.8 Å². The Morgan fingerprint density at radius 1 is 1.17 bits per heavy atom. The summed E-state index contributed by atoms with van der Waals surface area (Å²) in [4.78, 5) is 4.80. The lowest BCUT2D eigenvalue weighted by molar-refractivity contribution is -0.0936. The molecule has 0 amide bonds. The molecule has 1 N–H and O–H groups in total. The number of methoxy groups -OCH3 is 2. The standard InChI is InChI=1S/C24H31N3O2/c1-16(2)7-9-18(4)19-12-22-24(25-13-23(28-5)29-6)26-21-10-8-17(3)11-20(21)15-27(22)14-19/h7-12,14,23H,13,15H2,1-6H3,(H,25,26)/b18-9+. The van der Waals surface area contributed by atoms with Gasteiger partial charge in [0.25, 0.3) is 0 Å². The molecule has 0 saturated carbocycles. The number of aliphatic imine (C=N–C) groups is 1. The first-order valence-corrected chi connectivity index (χ1v) is 9.90. The minimum Gasteiger partial charge on any atom is -0.354 e. The summed E-state index contributed by atoms with van der Waals surface area (Å²) in [6.07, 6.45) is 6.15. The van der Waals surface area contributed by atoms with Gasteiger partial charge in [0.15, 0.2) is 6.29 Å². The van der Waals surface area contributed by atoms with Crippen LogP contribution in [0.1, 0.15) is 43.2 Å². The number of nitrogens with zero attached hydrogens (tertiary/aromatic N) is 2. The lowest BCUT2D eigenvalue weighted by atomic mass is 10.1. The van der Waals surface area contributed by atoms with E-state index in [0.717, 1.165) is 23.8 Å². The van der Waals surface area contributed by atoms with Crippen molar-refractivity contribution < 1.29 is 9.47 Å². The summed E-state index contributed by atoms with van der Waals surface area (Å²) in [6, 6.07) is 8.67. The highest BCUT2D eigenvalue weighted by atomic mass is 16.7. The van der Waals surface area contributed by atoms with Gasteiger partial charge in [0.1, 0.15) is 5.84 Å². The zero-order valence-corrected chi connectivity index (χ0v) is 18.2. The molecule has 0 unspecified atom stereocenters. The SMILES string of the molecule is COC(CN=C1Nc2ccc(C)cc2Cn2cc(/C(C)=C/C=C(C)C)cc21)OC. The lowest BCUT2D eigenvalue weighted by Crippen LogP contribution is -2.21. The van der Waals surface area contributed by atoms with Gasteiger partial charge < -0.3 is 19.4 Å². The van der Waals surface area contributed by atoms with Gasteiger partial charge in [0.2, 0.25) is 0 Å². The van der Waals surface area contributed by atoms with E-state index < -0.39 is 0 Å². The molecule has 2 aromatic rings. The number of amidine groups is 1. The zero-order valence-electron chi connectivity index (χ0n) is 18.2. The second-order valence-electron chi connectivity index (χ2n) is 7.71. The maximum Gasteiger partial charge on any atom is 0.176 e. The molecule has 2 heterocycles. The number of hydrogen-bond donors (Lipinski definition) is 1. The fraction of sp³-hybridized carbons (Fsp3) is 0.375. The molecule has 29 heavy (non-hydrogen) atoms. The summed E-state index contributed by atoms with van der Waals surface area (Å²) in [6.45, 7) is 9.69. The van der Waals surface area contributed by atoms with Crippen molar-refractivity contribution in [3.8, 4) is 0 Å². The number of aryl methyl sites for hydroxylation is 1. The maximum atomic E-state index is 5.31. The van der Waals surface area contributed by atoms with E-state index in [4.69, 9.17) is 14.5 Å². The molecule has 5 heteroatoms. The lowest BCUT2D eigenvalue weighted by Gasteiger charge is -2.13. The van der Waals surface area contributed by atoms with Crippen LogP contribution in [0.3, 0.4) is 0 Å². The van der Waals surface area contributed by atoms with E-state index in [0.29, 0.717) is 6.54 Å². The van der Waals surface area contributed by atoms with Crippen LogP contribution in [0, 0.1) is 6.92 Å². The Hall–Kier alpha value is -2.63. The third kappa shape index (κ3) is 5.05. The number of ether oxygens (including phenoxy) is 2. The van der Waals surface area contributed by atoms with Crippen LogP contribution in [0.5, 0.6) is 0 Å². The highest BCUT2D eigenvalue weighted by molar-refractivity contribution is 6.08. The van der Waals surface area contributed by atoms with Gasteiger partial charge in [0, 0.05) is 32.6 Å². The van der Waals surface area contributed by atoms with E-state index in [1.807, 2.05) is 0 Å². The van der Waals surface area contributed by atoms with Gasteiger partial charge in [-0.3, -0.25) is 4.99 Å². The van der Waals surface area contributed by atoms with Crippen molar-refractivity contribution in [2.45, 2.75) is 40.5 Å². The van der Waals surface area contributed by atoms with Crippen LogP contribution in [0.2, 0.25) is 0 Å². The molecule has 1 aromatic heterocycles. The Morgan fingerprint density at radius 3 is 2.62 bits per heavy atom. The van der Waals surface area contributed by atoms with Gasteiger partial charge >= 0.3 is 0 Å². The molecule has 154 valence electrons. The molecule has 0 bridgehead atoms. The Labute approximate surface area is 173 Å². The first-order valence-electron chi connectivity index (χ1n) is 9.90. The van der Waals surface area contributed by atoms with Gasteiger partial charge in [-0.25, -0.2) is 0 Å². The smallest absolute Gasteiger partial charge is 0.176 e. The van der Waals surface area contributed by atoms with Gasteiger partial charge in [-0.15, -0.1) is 0 Å². The molecular weight excluding hydrogens is 362 g/mol. The normalized spacial score (nSPS) is 15.0. The van der Waals surface area contributed by atoms with Crippen LogP contribution in [0.15, 0.2) is 53.2 Å². The fourth-order valence-corrected chi connectivity index (χ4v) is 3.33. The number of fused-ring (bicyclic) bond motifs is 2. The molecule has 0 radical (unpaired) electrons. The largest absolute Gasteiger partial charge is 0.354 e. The molecule has 0 aliphatic carbocycles. The summed E-state index contributed by atoms with van der Waals surface area (Å²) >= 11 is 0. The second kappa shape index (κ2) is 9.25. The predicted octanol–water partition coefficient (Wildman–Crippen LogP) is 5.01. The van der Waals surface area contributed by atoms with Gasteiger partial charge in [0.05, 0.1) is 12.2 Å². The Morgan fingerprint density at radius 2 is 1.93 bits per heavy atom. The van der Waals surface area contributed by atoms with E-state index in [1.54, 1.807) is 14.2 Å². The predicted molar refractivity (Wildman–Crippen MR) is 121 cm³/mol. The number of aromatic nitrogens is 1. The van der Waals surface area contributed by atoms with Crippen LogP contribution < -0.4 is 5.32 Å². The zero-order chi connectivity index (χ0) is 21.0. The Balaban J connectivity index is 2.05. The van der Waals surface area contributed by atoms with Crippen LogP contribution in [-0.2, 0) is 16.0 Å². The monoisotopic (exact) mass is 393 g/mol. The minimum atomic E-state index is -0.368. The summed E-state index contributed by atoms with van der Waals surface area (Å²) in [5.74, 6) is 0.827. The van der Waals surface area contributed by atoms with Crippen LogP contribution in [-0.4, -0.2) is 37.5 Å². The van der Waals surface area contributed by atoms with Gasteiger partial charge in [-0.05, 0) is 56.5 Å². The quantitative estimate of drug-likeness (QED) is 0.555. The van der Waals surface area contributed by atoms with Crippen molar-refractivity contribution in [1.29, 1.82) is 0 Å². The van der Waals surface area contributed by atoms with Crippen LogP contribution in [0.25, 0.3) is 5.57 Å². The second-order valence-corrected chi connectivity index (χ2v) is 7.71. The van der Waals surface area contributed by atoms with Crippen molar-refractivity contribution in [2.75, 3.05) is 26.1 Å². The highest BCUT2D eigenvalue weighted by Crippen LogP contribution is 2.27. The summed E-state index contributed by atoms with van der Waals surface area (Å²) in [5.41, 5.74) is 8.34. The molecule has 0 saturated heterocycles. The van der Waals surface area contributed by atoms with Gasteiger partial charge in [-0.1, -0.05) is 35.4 Å². The van der Waals surface area contributed by atoms with E-state index in [1.165, 1.54) is 27.8 Å².